The molecule has 0 aliphatic heterocycles. The molecule has 0 unspecified atom stereocenters. The van der Waals surface area contributed by atoms with Gasteiger partial charge in [-0.1, -0.05) is 61.0 Å². The minimum Gasteiger partial charge on any atom is -0.484 e. The molecule has 2 N–H and O–H groups in total. The van der Waals surface area contributed by atoms with Crippen molar-refractivity contribution >= 4 is 23.2 Å². The molecule has 0 aliphatic carbocycles. The fraction of sp³-hybridized carbons (Fsp3) is 0.174. The van der Waals surface area contributed by atoms with Crippen molar-refractivity contribution in [2.45, 2.75) is 19.4 Å². The van der Waals surface area contributed by atoms with Crippen molar-refractivity contribution in [2.24, 2.45) is 0 Å². The molecule has 0 heterocycles. The summed E-state index contributed by atoms with van der Waals surface area (Å²) in [5.41, 5.74) is 2.94. The van der Waals surface area contributed by atoms with Gasteiger partial charge in [0, 0.05) is 16.3 Å². The van der Waals surface area contributed by atoms with Crippen molar-refractivity contribution in [3.05, 3.63) is 94.5 Å². The van der Waals surface area contributed by atoms with Crippen LogP contribution in [0.3, 0.4) is 0 Å². The zero-order valence-electron chi connectivity index (χ0n) is 15.6. The number of aliphatic hydroxyl groups is 1. The van der Waals surface area contributed by atoms with Crippen LogP contribution in [-0.2, 0) is 11.2 Å². The second-order valence-corrected chi connectivity index (χ2v) is 6.82. The SMILES string of the molecule is CCc1ccc(OCC(=O)Nc2ccc(Cl)cc2[C@H](O)c2ccccc2)cc1. The number of hydrogen-bond acceptors (Lipinski definition) is 3. The molecule has 0 saturated heterocycles. The Morgan fingerprint density at radius 2 is 1.79 bits per heavy atom. The number of aliphatic hydroxyl groups excluding tert-OH is 1. The first-order valence-corrected chi connectivity index (χ1v) is 9.48. The average Bonchev–Trinajstić information content (AvgIpc) is 2.74. The van der Waals surface area contributed by atoms with Crippen LogP contribution in [0, 0.1) is 0 Å². The normalized spacial score (nSPS) is 11.7. The highest BCUT2D eigenvalue weighted by molar-refractivity contribution is 6.30. The molecule has 0 radical (unpaired) electrons. The molecular formula is C23H22ClNO3. The van der Waals surface area contributed by atoms with Gasteiger partial charge in [0.15, 0.2) is 6.61 Å². The first-order valence-electron chi connectivity index (χ1n) is 9.11. The molecular weight excluding hydrogens is 374 g/mol. The highest BCUT2D eigenvalue weighted by Gasteiger charge is 2.17. The lowest BCUT2D eigenvalue weighted by molar-refractivity contribution is -0.118. The number of carbonyl (C=O) groups is 1. The van der Waals surface area contributed by atoms with Gasteiger partial charge < -0.3 is 15.2 Å². The largest absolute Gasteiger partial charge is 0.484 e. The van der Waals surface area contributed by atoms with E-state index in [0.29, 0.717) is 27.6 Å². The maximum absolute atomic E-state index is 12.4. The predicted molar refractivity (Wildman–Crippen MR) is 112 cm³/mol. The third-order valence-electron chi connectivity index (χ3n) is 4.40. The molecule has 1 amide bonds. The molecule has 1 atom stereocenters. The van der Waals surface area contributed by atoms with Crippen LogP contribution in [0.15, 0.2) is 72.8 Å². The second-order valence-electron chi connectivity index (χ2n) is 6.38. The lowest BCUT2D eigenvalue weighted by Crippen LogP contribution is -2.21. The van der Waals surface area contributed by atoms with Gasteiger partial charge in [-0.15, -0.1) is 0 Å². The van der Waals surface area contributed by atoms with Gasteiger partial charge in [0.05, 0.1) is 0 Å². The number of nitrogens with one attached hydrogen (secondary N) is 1. The number of benzene rings is 3. The van der Waals surface area contributed by atoms with Crippen molar-refractivity contribution in [1.29, 1.82) is 0 Å². The highest BCUT2D eigenvalue weighted by Crippen LogP contribution is 2.30. The molecule has 0 spiro atoms. The molecule has 144 valence electrons. The van der Waals surface area contributed by atoms with E-state index in [4.69, 9.17) is 16.3 Å². The van der Waals surface area contributed by atoms with E-state index in [9.17, 15) is 9.90 Å². The van der Waals surface area contributed by atoms with E-state index in [1.165, 1.54) is 5.56 Å². The van der Waals surface area contributed by atoms with E-state index in [1.807, 2.05) is 54.6 Å². The Hall–Kier alpha value is -2.82. The number of amides is 1. The number of anilines is 1. The summed E-state index contributed by atoms with van der Waals surface area (Å²) in [5.74, 6) is 0.316. The number of halogens is 1. The van der Waals surface area contributed by atoms with Crippen LogP contribution in [0.1, 0.15) is 29.7 Å². The van der Waals surface area contributed by atoms with Crippen LogP contribution in [0.25, 0.3) is 0 Å². The lowest BCUT2D eigenvalue weighted by atomic mass is 10.00. The minimum absolute atomic E-state index is 0.130. The standard InChI is InChI=1S/C23H22ClNO3/c1-2-16-8-11-19(12-9-16)28-15-22(26)25-21-13-10-18(24)14-20(21)23(27)17-6-4-3-5-7-17/h3-14,23,27H,2,15H2,1H3,(H,25,26)/t23-/m1/s1. The summed E-state index contributed by atoms with van der Waals surface area (Å²) in [6, 6.07) is 21.8. The Bertz CT molecular complexity index is 926. The Kier molecular flexibility index (Phi) is 6.69. The van der Waals surface area contributed by atoms with Gasteiger partial charge in [0.1, 0.15) is 11.9 Å². The molecule has 3 rings (SSSR count). The quantitative estimate of drug-likeness (QED) is 0.591. The average molecular weight is 396 g/mol. The van der Waals surface area contributed by atoms with Gasteiger partial charge in [-0.05, 0) is 47.9 Å². The summed E-state index contributed by atoms with van der Waals surface area (Å²) in [7, 11) is 0. The smallest absolute Gasteiger partial charge is 0.262 e. The van der Waals surface area contributed by atoms with E-state index >= 15 is 0 Å². The molecule has 4 nitrogen and oxygen atoms in total. The summed E-state index contributed by atoms with van der Waals surface area (Å²) >= 11 is 6.10. The number of aryl methyl sites for hydroxylation is 1. The number of carbonyl (C=O) groups excluding carboxylic acids is 1. The lowest BCUT2D eigenvalue weighted by Gasteiger charge is -2.17. The van der Waals surface area contributed by atoms with Crippen LogP contribution in [0.2, 0.25) is 5.02 Å². The Morgan fingerprint density at radius 3 is 2.46 bits per heavy atom. The number of ether oxygens (including phenoxy) is 1. The van der Waals surface area contributed by atoms with E-state index in [-0.39, 0.29) is 12.5 Å². The van der Waals surface area contributed by atoms with E-state index < -0.39 is 6.10 Å². The summed E-state index contributed by atoms with van der Waals surface area (Å²) in [5, 5.41) is 14.0. The van der Waals surface area contributed by atoms with Gasteiger partial charge >= 0.3 is 0 Å². The molecule has 0 bridgehead atoms. The first-order chi connectivity index (χ1) is 13.6. The predicted octanol–water partition coefficient (Wildman–Crippen LogP) is 5.00. The van der Waals surface area contributed by atoms with Gasteiger partial charge in [-0.2, -0.15) is 0 Å². The first kappa shape index (κ1) is 19.9. The van der Waals surface area contributed by atoms with Crippen LogP contribution < -0.4 is 10.1 Å². The molecule has 28 heavy (non-hydrogen) atoms. The molecule has 0 aliphatic rings. The maximum atomic E-state index is 12.4. The molecule has 3 aromatic rings. The van der Waals surface area contributed by atoms with Crippen LogP contribution in [0.4, 0.5) is 5.69 Å². The van der Waals surface area contributed by atoms with E-state index in [1.54, 1.807) is 18.2 Å². The van der Waals surface area contributed by atoms with Gasteiger partial charge in [-0.3, -0.25) is 4.79 Å². The van der Waals surface area contributed by atoms with Crippen molar-refractivity contribution in [1.82, 2.24) is 0 Å². The summed E-state index contributed by atoms with van der Waals surface area (Å²) in [6.45, 7) is 1.95. The summed E-state index contributed by atoms with van der Waals surface area (Å²) < 4.78 is 5.55. The van der Waals surface area contributed by atoms with Crippen LogP contribution >= 0.6 is 11.6 Å². The highest BCUT2D eigenvalue weighted by atomic mass is 35.5. The van der Waals surface area contributed by atoms with E-state index in [0.717, 1.165) is 6.42 Å². The van der Waals surface area contributed by atoms with Gasteiger partial charge in [0.2, 0.25) is 0 Å². The third-order valence-corrected chi connectivity index (χ3v) is 4.63. The molecule has 3 aromatic carbocycles. The fourth-order valence-corrected chi connectivity index (χ4v) is 3.03. The zero-order valence-corrected chi connectivity index (χ0v) is 16.3. The molecule has 0 aromatic heterocycles. The van der Waals surface area contributed by atoms with Gasteiger partial charge in [0.25, 0.3) is 5.91 Å². The number of hydrogen-bond donors (Lipinski definition) is 2. The summed E-state index contributed by atoms with van der Waals surface area (Å²) in [6.07, 6.45) is 0.0434. The minimum atomic E-state index is -0.905. The van der Waals surface area contributed by atoms with E-state index in [2.05, 4.69) is 12.2 Å². The van der Waals surface area contributed by atoms with Crippen LogP contribution in [-0.4, -0.2) is 17.6 Å². The monoisotopic (exact) mass is 395 g/mol. The zero-order chi connectivity index (χ0) is 19.9. The Balaban J connectivity index is 1.70. The molecule has 0 fully saturated rings. The van der Waals surface area contributed by atoms with Gasteiger partial charge in [-0.25, -0.2) is 0 Å². The molecule has 5 heteroatoms. The Morgan fingerprint density at radius 1 is 1.07 bits per heavy atom. The van der Waals surface area contributed by atoms with Crippen molar-refractivity contribution in [2.75, 3.05) is 11.9 Å². The maximum Gasteiger partial charge on any atom is 0.262 e. The molecule has 0 saturated carbocycles. The topological polar surface area (TPSA) is 58.6 Å². The summed E-state index contributed by atoms with van der Waals surface area (Å²) in [4.78, 5) is 12.4. The van der Waals surface area contributed by atoms with Crippen molar-refractivity contribution < 1.29 is 14.6 Å². The van der Waals surface area contributed by atoms with Crippen molar-refractivity contribution in [3.8, 4) is 5.75 Å². The van der Waals surface area contributed by atoms with Crippen molar-refractivity contribution in [3.63, 3.8) is 0 Å². The fourth-order valence-electron chi connectivity index (χ4n) is 2.85. The second kappa shape index (κ2) is 9.40. The van der Waals surface area contributed by atoms with Crippen LogP contribution in [0.5, 0.6) is 5.75 Å². The third kappa shape index (κ3) is 5.12. The number of rotatable bonds is 7. The Labute approximate surface area is 169 Å².